The van der Waals surface area contributed by atoms with Crippen LogP contribution in [0.5, 0.6) is 17.4 Å². The Hall–Kier alpha value is -5.16. The summed E-state index contributed by atoms with van der Waals surface area (Å²) in [6.07, 6.45) is 6.82. The van der Waals surface area contributed by atoms with Gasteiger partial charge in [-0.05, 0) is 80.9 Å². The molecule has 4 aliphatic heterocycles. The molecule has 5 aromatic rings. The fourth-order valence-corrected chi connectivity index (χ4v) is 8.84. The van der Waals surface area contributed by atoms with Crippen LogP contribution in [0.1, 0.15) is 86.5 Å². The molecule has 2 unspecified atom stereocenters. The van der Waals surface area contributed by atoms with Crippen LogP contribution in [0, 0.1) is 13.8 Å². The molecule has 17 heteroatoms. The van der Waals surface area contributed by atoms with E-state index in [0.29, 0.717) is 17.9 Å². The third kappa shape index (κ3) is 13.5. The first-order valence-corrected chi connectivity index (χ1v) is 22.1. The molecule has 66 heavy (non-hydrogen) atoms. The summed E-state index contributed by atoms with van der Waals surface area (Å²) in [5.74, 6) is 2.46. The van der Waals surface area contributed by atoms with Crippen LogP contribution in [0.2, 0.25) is 0 Å². The van der Waals surface area contributed by atoms with Gasteiger partial charge in [0.1, 0.15) is 23.7 Å². The van der Waals surface area contributed by atoms with E-state index in [9.17, 15) is 31.5 Å². The van der Waals surface area contributed by atoms with Crippen molar-refractivity contribution in [2.24, 2.45) is 0 Å². The molecule has 0 amide bonds. The molecule has 0 radical (unpaired) electrons. The van der Waals surface area contributed by atoms with E-state index in [1.54, 1.807) is 22.0 Å². The van der Waals surface area contributed by atoms with E-state index in [0.717, 1.165) is 99.5 Å². The Balaban J connectivity index is 0.000000168. The van der Waals surface area contributed by atoms with E-state index in [-0.39, 0.29) is 42.6 Å². The maximum atomic E-state index is 12.7. The maximum absolute atomic E-state index is 12.7. The lowest BCUT2D eigenvalue weighted by molar-refractivity contribution is -0.599. The molecule has 4 aliphatic rings. The summed E-state index contributed by atoms with van der Waals surface area (Å²) in [7, 11) is 3.83. The van der Waals surface area contributed by atoms with Gasteiger partial charge in [-0.15, -0.1) is 5.06 Å². The number of benzene rings is 2. The van der Waals surface area contributed by atoms with Gasteiger partial charge in [-0.2, -0.15) is 31.4 Å². The zero-order valence-corrected chi connectivity index (χ0v) is 38.2. The van der Waals surface area contributed by atoms with Gasteiger partial charge in [-0.25, -0.2) is 9.55 Å². The minimum absolute atomic E-state index is 0. The van der Waals surface area contributed by atoms with Gasteiger partial charge in [0.2, 0.25) is 5.88 Å². The fraction of sp³-hybridized carbons (Fsp3) is 0.449. The highest BCUT2D eigenvalue weighted by Crippen LogP contribution is 2.38. The number of alkyl halides is 6. The molecule has 2 aromatic carbocycles. The van der Waals surface area contributed by atoms with Crippen LogP contribution < -0.4 is 36.2 Å². The molecule has 10 nitrogen and oxygen atoms in total. The van der Waals surface area contributed by atoms with E-state index in [1.807, 2.05) is 79.5 Å². The SMILES string of the molecule is CN(C)c1cc[n+](-c2ccc(C(F)(F)F)cn2)cc1.Cc1ccc(OC2C[C@H]3CCC[C@@H](C2)N3O)cc1.Cc1ccc(OC2C[C@H]3CCC[C@@H](C2)N3Oc2ccc(C(F)(F)F)cn2)cc1.[Cl-]. The lowest BCUT2D eigenvalue weighted by Gasteiger charge is -2.46. The highest BCUT2D eigenvalue weighted by atomic mass is 35.5. The summed E-state index contributed by atoms with van der Waals surface area (Å²) in [4.78, 5) is 15.5. The van der Waals surface area contributed by atoms with Crippen molar-refractivity contribution in [3.05, 3.63) is 132 Å². The van der Waals surface area contributed by atoms with Gasteiger partial charge < -0.3 is 36.8 Å². The summed E-state index contributed by atoms with van der Waals surface area (Å²) >= 11 is 0. The monoisotopic (exact) mass is 942 g/mol. The second kappa shape index (κ2) is 22.1. The maximum Gasteiger partial charge on any atom is 0.420 e. The Morgan fingerprint density at radius 1 is 0.606 bits per heavy atom. The van der Waals surface area contributed by atoms with Crippen LogP contribution >= 0.6 is 0 Å². The van der Waals surface area contributed by atoms with Crippen molar-refractivity contribution in [3.8, 4) is 23.2 Å². The first-order valence-electron chi connectivity index (χ1n) is 22.1. The quantitative estimate of drug-likeness (QED) is 0.124. The molecule has 3 aromatic heterocycles. The molecule has 7 heterocycles. The first-order chi connectivity index (χ1) is 31.0. The first kappa shape index (κ1) is 50.3. The second-order valence-electron chi connectivity index (χ2n) is 17.5. The van der Waals surface area contributed by atoms with Gasteiger partial charge in [-0.3, -0.25) is 0 Å². The van der Waals surface area contributed by atoms with E-state index >= 15 is 0 Å². The molecule has 4 saturated heterocycles. The fourth-order valence-electron chi connectivity index (χ4n) is 8.84. The number of aryl methyl sites for hydroxylation is 2. The Bertz CT molecular complexity index is 2230. The molecule has 0 spiro atoms. The van der Waals surface area contributed by atoms with Crippen LogP contribution in [-0.2, 0) is 12.4 Å². The molecular weight excluding hydrogens is 886 g/mol. The number of pyridine rings is 3. The van der Waals surface area contributed by atoms with E-state index < -0.39 is 23.5 Å². The summed E-state index contributed by atoms with van der Waals surface area (Å²) in [6, 6.07) is 25.6. The lowest BCUT2D eigenvalue weighted by atomic mass is 9.84. The van der Waals surface area contributed by atoms with Crippen molar-refractivity contribution in [1.29, 1.82) is 0 Å². The van der Waals surface area contributed by atoms with E-state index in [1.165, 1.54) is 29.7 Å². The minimum atomic E-state index is -4.40. The van der Waals surface area contributed by atoms with Gasteiger partial charge in [0.25, 0.3) is 0 Å². The molecule has 4 bridgehead atoms. The summed E-state index contributed by atoms with van der Waals surface area (Å²) in [5.41, 5.74) is 1.93. The third-order valence-corrected chi connectivity index (χ3v) is 12.3. The molecule has 4 fully saturated rings. The Morgan fingerprint density at radius 3 is 1.45 bits per heavy atom. The van der Waals surface area contributed by atoms with Gasteiger partial charge >= 0.3 is 18.2 Å². The Morgan fingerprint density at radius 2 is 1.05 bits per heavy atom. The zero-order valence-electron chi connectivity index (χ0n) is 37.4. The zero-order chi connectivity index (χ0) is 46.3. The predicted octanol–water partition coefficient (Wildman–Crippen LogP) is 7.76. The van der Waals surface area contributed by atoms with Crippen molar-refractivity contribution < 1.29 is 62.8 Å². The Kier molecular flexibility index (Phi) is 16.8. The van der Waals surface area contributed by atoms with Crippen LogP contribution in [-0.4, -0.2) is 75.8 Å². The molecule has 356 valence electrons. The van der Waals surface area contributed by atoms with E-state index in [4.69, 9.17) is 14.3 Å². The van der Waals surface area contributed by atoms with Crippen molar-refractivity contribution >= 4 is 5.69 Å². The van der Waals surface area contributed by atoms with Crippen molar-refractivity contribution in [3.63, 3.8) is 0 Å². The van der Waals surface area contributed by atoms with Crippen LogP contribution in [0.25, 0.3) is 5.82 Å². The van der Waals surface area contributed by atoms with Crippen LogP contribution in [0.3, 0.4) is 0 Å². The second-order valence-corrected chi connectivity index (χ2v) is 17.5. The highest BCUT2D eigenvalue weighted by molar-refractivity contribution is 5.41. The minimum Gasteiger partial charge on any atom is -1.00 e. The topological polar surface area (TPSA) is 87.3 Å². The van der Waals surface area contributed by atoms with Crippen molar-refractivity contribution in [1.82, 2.24) is 20.1 Å². The number of hydrogen-bond donors (Lipinski definition) is 1. The highest BCUT2D eigenvalue weighted by Gasteiger charge is 2.42. The number of nitrogens with zero attached hydrogens (tertiary/aromatic N) is 6. The molecule has 1 N–H and O–H groups in total. The molecule has 6 atom stereocenters. The van der Waals surface area contributed by atoms with Crippen LogP contribution in [0.15, 0.2) is 110 Å². The Labute approximate surface area is 388 Å². The smallest absolute Gasteiger partial charge is 0.420 e. The lowest BCUT2D eigenvalue weighted by Crippen LogP contribution is -3.00. The standard InChI is InChI=1S/C21H23F3N2O2.C15H21NO2.C13H13F3N3.ClH/c1-14-5-8-18(9-6-14)27-19-11-16-3-2-4-17(12-19)26(16)28-20-10-7-15(13-25-20)21(22,23)24;1-11-5-7-14(8-6-11)18-15-9-12-3-2-4-13(10-15)16(12)17;1-18(2)11-5-7-19(8-6-11)12-4-3-10(9-17-12)13(14,15)16;/h5-10,13,16-17,19H,2-4,11-12H2,1H3;5-8,12-13,15,17H,2-4,9-10H2,1H3;3-9H,1-2H3;1H/q;;+1;/p-1/t16-,17+,19?;12-,13+,15?;;. The van der Waals surface area contributed by atoms with E-state index in [2.05, 4.69) is 29.0 Å². The number of rotatable bonds is 8. The largest absolute Gasteiger partial charge is 1.00 e. The number of piperidine rings is 4. The average molecular weight is 943 g/mol. The summed E-state index contributed by atoms with van der Waals surface area (Å²) < 4.78 is 89.2. The third-order valence-electron chi connectivity index (χ3n) is 12.3. The summed E-state index contributed by atoms with van der Waals surface area (Å²) in [5, 5.41) is 13.5. The van der Waals surface area contributed by atoms with Crippen LogP contribution in [0.4, 0.5) is 32.0 Å². The number of halogens is 7. The molecule has 0 saturated carbocycles. The number of hydrogen-bond acceptors (Lipinski definition) is 9. The van der Waals surface area contributed by atoms with Gasteiger partial charge in [0.05, 0.1) is 23.5 Å². The van der Waals surface area contributed by atoms with Gasteiger partial charge in [-0.1, -0.05) is 48.2 Å². The number of anilines is 1. The molecule has 9 rings (SSSR count). The van der Waals surface area contributed by atoms with Gasteiger partial charge in [0.15, 0.2) is 6.20 Å². The molecular formula is C49H57ClF6N6O4. The normalized spacial score (nSPS) is 22.8. The number of aromatic nitrogens is 3. The van der Waals surface area contributed by atoms with Gasteiger partial charge in [0, 0.05) is 100 Å². The number of fused-ring (bicyclic) bond motifs is 4. The van der Waals surface area contributed by atoms with Crippen molar-refractivity contribution in [2.45, 2.75) is 127 Å². The van der Waals surface area contributed by atoms with Crippen molar-refractivity contribution in [2.75, 3.05) is 19.0 Å². The predicted molar refractivity (Wildman–Crippen MR) is 233 cm³/mol. The number of ether oxygens (including phenoxy) is 2. The average Bonchev–Trinajstić information content (AvgIpc) is 3.26. The molecule has 0 aliphatic carbocycles. The summed E-state index contributed by atoms with van der Waals surface area (Å²) in [6.45, 7) is 4.12. The number of hydroxylamine groups is 4.